The molecule has 0 bridgehead atoms. The van der Waals surface area contributed by atoms with Crippen LogP contribution in [0.15, 0.2) is 65.6 Å². The summed E-state index contributed by atoms with van der Waals surface area (Å²) in [4.78, 5) is 6.19. The van der Waals surface area contributed by atoms with Crippen molar-refractivity contribution in [1.82, 2.24) is 4.98 Å². The lowest BCUT2D eigenvalue weighted by molar-refractivity contribution is 0.587. The fourth-order valence-corrected chi connectivity index (χ4v) is 6.15. The van der Waals surface area contributed by atoms with E-state index in [4.69, 9.17) is 4.98 Å². The summed E-state index contributed by atoms with van der Waals surface area (Å²) in [7, 11) is 0. The fourth-order valence-electron chi connectivity index (χ4n) is 3.95. The molecule has 32 heavy (non-hydrogen) atoms. The van der Waals surface area contributed by atoms with Crippen LogP contribution in [0.1, 0.15) is 63.1 Å². The quantitative estimate of drug-likeness (QED) is 0.325. The summed E-state index contributed by atoms with van der Waals surface area (Å²) in [6, 6.07) is 22.5. The summed E-state index contributed by atoms with van der Waals surface area (Å²) in [5.74, 6) is 0. The van der Waals surface area contributed by atoms with Crippen molar-refractivity contribution < 1.29 is 0 Å². The normalized spacial score (nSPS) is 16.2. The van der Waals surface area contributed by atoms with Crippen LogP contribution in [0.25, 0.3) is 21.3 Å². The average molecular weight is 459 g/mol. The number of hydrogen-bond acceptors (Lipinski definition) is 4. The van der Waals surface area contributed by atoms with E-state index in [2.05, 4.69) is 108 Å². The van der Waals surface area contributed by atoms with Crippen molar-refractivity contribution in [2.75, 3.05) is 5.32 Å². The zero-order valence-corrected chi connectivity index (χ0v) is 21.2. The van der Waals surface area contributed by atoms with Gasteiger partial charge in [0, 0.05) is 10.3 Å². The van der Waals surface area contributed by atoms with Gasteiger partial charge in [-0.2, -0.15) is 0 Å². The number of anilines is 1. The zero-order chi connectivity index (χ0) is 22.7. The van der Waals surface area contributed by atoms with E-state index in [-0.39, 0.29) is 16.2 Å². The molecule has 1 unspecified atom stereocenters. The first-order chi connectivity index (χ1) is 15.1. The molecule has 4 aromatic rings. The number of aromatic nitrogens is 1. The molecular formula is C28H30N2S2. The van der Waals surface area contributed by atoms with Crippen LogP contribution in [0.3, 0.4) is 0 Å². The maximum absolute atomic E-state index is 4.90. The molecule has 1 atom stereocenters. The van der Waals surface area contributed by atoms with Gasteiger partial charge in [-0.15, -0.1) is 11.3 Å². The standard InChI is InChI=1S/C28H30N2S2/c1-27(2,3)20-13-11-18(12-14-20)17-7-9-19(10-8-17)25-29-21-15-24-22(16-23(21)31-25)30-26(32-24)28(4,5)6/h7-16,25,29H,1-6H3. The molecule has 1 aromatic heterocycles. The van der Waals surface area contributed by atoms with Crippen molar-refractivity contribution in [1.29, 1.82) is 0 Å². The maximum atomic E-state index is 4.90. The predicted molar refractivity (Wildman–Crippen MR) is 141 cm³/mol. The van der Waals surface area contributed by atoms with Gasteiger partial charge in [0.1, 0.15) is 5.37 Å². The average Bonchev–Trinajstić information content (AvgIpc) is 3.34. The minimum atomic E-state index is 0.0893. The van der Waals surface area contributed by atoms with E-state index in [0.29, 0.717) is 0 Å². The van der Waals surface area contributed by atoms with Crippen LogP contribution in [0.4, 0.5) is 5.69 Å². The lowest BCUT2D eigenvalue weighted by Crippen LogP contribution is -2.10. The molecule has 1 aliphatic heterocycles. The summed E-state index contributed by atoms with van der Waals surface area (Å²) >= 11 is 3.69. The molecule has 0 radical (unpaired) electrons. The number of thiazole rings is 1. The van der Waals surface area contributed by atoms with Gasteiger partial charge in [-0.25, -0.2) is 4.98 Å². The van der Waals surface area contributed by atoms with E-state index in [9.17, 15) is 0 Å². The second kappa shape index (κ2) is 7.64. The van der Waals surface area contributed by atoms with Crippen LogP contribution in [-0.4, -0.2) is 4.98 Å². The van der Waals surface area contributed by atoms with Gasteiger partial charge in [0.05, 0.1) is 20.9 Å². The van der Waals surface area contributed by atoms with Gasteiger partial charge >= 0.3 is 0 Å². The molecular weight excluding hydrogens is 428 g/mol. The first-order valence-corrected chi connectivity index (χ1v) is 12.9. The first-order valence-electron chi connectivity index (χ1n) is 11.2. The Kier molecular flexibility index (Phi) is 5.14. The summed E-state index contributed by atoms with van der Waals surface area (Å²) in [5.41, 5.74) is 7.79. The van der Waals surface area contributed by atoms with Gasteiger partial charge in [-0.05, 0) is 39.8 Å². The number of nitrogens with one attached hydrogen (secondary N) is 1. The smallest absolute Gasteiger partial charge is 0.103 e. The van der Waals surface area contributed by atoms with Crippen molar-refractivity contribution in [3.05, 3.63) is 76.8 Å². The third-order valence-corrected chi connectivity index (χ3v) is 8.62. The Balaban J connectivity index is 1.35. The van der Waals surface area contributed by atoms with Gasteiger partial charge in [-0.1, -0.05) is 102 Å². The second-order valence-corrected chi connectivity index (χ2v) is 12.9. The lowest BCUT2D eigenvalue weighted by Gasteiger charge is -2.19. The van der Waals surface area contributed by atoms with E-state index < -0.39 is 0 Å². The Morgan fingerprint density at radius 2 is 1.41 bits per heavy atom. The van der Waals surface area contributed by atoms with Crippen molar-refractivity contribution >= 4 is 39.0 Å². The Hall–Kier alpha value is -2.30. The molecule has 164 valence electrons. The molecule has 0 aliphatic carbocycles. The lowest BCUT2D eigenvalue weighted by atomic mass is 9.86. The van der Waals surface area contributed by atoms with Crippen LogP contribution in [0, 0.1) is 0 Å². The van der Waals surface area contributed by atoms with Gasteiger partial charge in [0.25, 0.3) is 0 Å². The second-order valence-electron chi connectivity index (χ2n) is 10.7. The highest BCUT2D eigenvalue weighted by atomic mass is 32.2. The van der Waals surface area contributed by atoms with Crippen molar-refractivity contribution in [2.24, 2.45) is 0 Å². The van der Waals surface area contributed by atoms with Gasteiger partial charge in [-0.3, -0.25) is 0 Å². The SMILES string of the molecule is CC(C)(C)c1ccc(-c2ccc(C3Nc4cc5sc(C(C)(C)C)nc5cc4S3)cc2)cc1. The van der Waals surface area contributed by atoms with Crippen molar-refractivity contribution in [3.63, 3.8) is 0 Å². The third-order valence-electron chi connectivity index (χ3n) is 5.96. The number of hydrogen-bond donors (Lipinski definition) is 1. The van der Waals surface area contributed by atoms with Crippen LogP contribution in [0.2, 0.25) is 0 Å². The summed E-state index contributed by atoms with van der Waals surface area (Å²) in [6.45, 7) is 13.4. The van der Waals surface area contributed by atoms with Gasteiger partial charge < -0.3 is 5.32 Å². The van der Waals surface area contributed by atoms with Crippen LogP contribution in [0.5, 0.6) is 0 Å². The van der Waals surface area contributed by atoms with Gasteiger partial charge in [0.2, 0.25) is 0 Å². The van der Waals surface area contributed by atoms with E-state index in [0.717, 1.165) is 5.52 Å². The largest absolute Gasteiger partial charge is 0.368 e. The minimum Gasteiger partial charge on any atom is -0.368 e. The van der Waals surface area contributed by atoms with Crippen molar-refractivity contribution in [3.8, 4) is 11.1 Å². The molecule has 0 fully saturated rings. The molecule has 1 aliphatic rings. The monoisotopic (exact) mass is 458 g/mol. The minimum absolute atomic E-state index is 0.0893. The summed E-state index contributed by atoms with van der Waals surface area (Å²) in [5, 5.41) is 5.15. The fraction of sp³-hybridized carbons (Fsp3) is 0.321. The number of thioether (sulfide) groups is 1. The predicted octanol–water partition coefficient (Wildman–Crippen LogP) is 8.77. The molecule has 1 N–H and O–H groups in total. The Bertz CT molecular complexity index is 1230. The molecule has 0 saturated carbocycles. The molecule has 2 nitrogen and oxygen atoms in total. The first kappa shape index (κ1) is 21.5. The summed E-state index contributed by atoms with van der Waals surface area (Å²) in [6.07, 6.45) is 0. The maximum Gasteiger partial charge on any atom is 0.103 e. The highest BCUT2D eigenvalue weighted by molar-refractivity contribution is 8.00. The molecule has 3 aromatic carbocycles. The number of rotatable bonds is 2. The number of benzene rings is 3. The molecule has 2 heterocycles. The molecule has 0 saturated heterocycles. The van der Waals surface area contributed by atoms with Gasteiger partial charge in [0.15, 0.2) is 0 Å². The number of fused-ring (bicyclic) bond motifs is 2. The Labute approximate surface area is 199 Å². The topological polar surface area (TPSA) is 24.9 Å². The van der Waals surface area contributed by atoms with Crippen LogP contribution in [-0.2, 0) is 10.8 Å². The molecule has 4 heteroatoms. The summed E-state index contributed by atoms with van der Waals surface area (Å²) < 4.78 is 1.26. The van der Waals surface area contributed by atoms with E-state index >= 15 is 0 Å². The van der Waals surface area contributed by atoms with Crippen LogP contribution >= 0.6 is 23.1 Å². The Morgan fingerprint density at radius 1 is 0.781 bits per heavy atom. The molecule has 5 rings (SSSR count). The highest BCUT2D eigenvalue weighted by Gasteiger charge is 2.26. The number of nitrogens with zero attached hydrogens (tertiary/aromatic N) is 1. The Morgan fingerprint density at radius 3 is 2.00 bits per heavy atom. The van der Waals surface area contributed by atoms with E-state index in [1.165, 1.54) is 42.5 Å². The zero-order valence-electron chi connectivity index (χ0n) is 19.6. The van der Waals surface area contributed by atoms with E-state index in [1.54, 1.807) is 0 Å². The molecule has 0 spiro atoms. The molecule has 0 amide bonds. The van der Waals surface area contributed by atoms with E-state index in [1.807, 2.05) is 23.1 Å². The van der Waals surface area contributed by atoms with Crippen LogP contribution < -0.4 is 5.32 Å². The highest BCUT2D eigenvalue weighted by Crippen LogP contribution is 2.49. The third kappa shape index (κ3) is 4.06. The van der Waals surface area contributed by atoms with Crippen molar-refractivity contribution in [2.45, 2.75) is 62.6 Å².